The van der Waals surface area contributed by atoms with Crippen LogP contribution in [0.2, 0.25) is 0 Å². The molecule has 0 aromatic carbocycles. The van der Waals surface area contributed by atoms with Gasteiger partial charge in [0.1, 0.15) is 11.6 Å². The summed E-state index contributed by atoms with van der Waals surface area (Å²) < 4.78 is 35.4. The Morgan fingerprint density at radius 3 is 2.61 bits per heavy atom. The Balaban J connectivity index is 1.99. The van der Waals surface area contributed by atoms with Gasteiger partial charge in [-0.1, -0.05) is 0 Å². The normalized spacial score (nSPS) is 11.5. The number of nitrogens with one attached hydrogen (secondary N) is 2. The lowest BCUT2D eigenvalue weighted by atomic mass is 10.2. The summed E-state index contributed by atoms with van der Waals surface area (Å²) in [6.45, 7) is 3.50. The lowest BCUT2D eigenvalue weighted by Crippen LogP contribution is -2.18. The van der Waals surface area contributed by atoms with Crippen LogP contribution < -0.4 is 15.4 Å². The molecule has 0 aliphatic carbocycles. The van der Waals surface area contributed by atoms with Gasteiger partial charge in [-0.3, -0.25) is 9.48 Å². The highest BCUT2D eigenvalue weighted by Gasteiger charge is 2.29. The fourth-order valence-corrected chi connectivity index (χ4v) is 2.87. The molecule has 10 nitrogen and oxygen atoms in total. The molecule has 3 heterocycles. The van der Waals surface area contributed by atoms with Crippen molar-refractivity contribution < 1.29 is 18.3 Å². The number of ether oxygens (including phenoxy) is 1. The molecule has 1 amide bonds. The SMILES string of the molecule is COc1cnc(NC(C)=O)cc1Nc1cc(-c2cnn(CCN(C)C)c2)nc(C(C)(F)F)n1. The van der Waals surface area contributed by atoms with Crippen LogP contribution in [0.1, 0.15) is 19.7 Å². The fourth-order valence-electron chi connectivity index (χ4n) is 2.87. The van der Waals surface area contributed by atoms with E-state index in [-0.39, 0.29) is 23.2 Å². The first-order valence-electron chi connectivity index (χ1n) is 10.1. The number of nitrogens with zero attached hydrogens (tertiary/aromatic N) is 6. The number of hydrogen-bond acceptors (Lipinski definition) is 8. The first-order chi connectivity index (χ1) is 15.5. The van der Waals surface area contributed by atoms with E-state index < -0.39 is 11.7 Å². The van der Waals surface area contributed by atoms with Crippen LogP contribution in [0.3, 0.4) is 0 Å². The lowest BCUT2D eigenvalue weighted by Gasteiger charge is -2.15. The molecule has 0 radical (unpaired) electrons. The number of carbonyl (C=O) groups is 1. The third kappa shape index (κ3) is 6.42. The standard InChI is InChI=1S/C21H26F2N8O2/c1-13(32)26-18-9-16(17(33-5)11-24-18)27-19-8-15(28-20(29-19)21(2,22)23)14-10-25-31(12-14)7-6-30(3)4/h8-12H,6-7H2,1-5H3,(H2,24,26,27,28,29,32). The maximum Gasteiger partial charge on any atom is 0.303 e. The van der Waals surface area contributed by atoms with Crippen molar-refractivity contribution in [3.8, 4) is 17.0 Å². The Bertz CT molecular complexity index is 1130. The van der Waals surface area contributed by atoms with E-state index in [1.54, 1.807) is 23.1 Å². The zero-order valence-electron chi connectivity index (χ0n) is 19.1. The quantitative estimate of drug-likeness (QED) is 0.501. The molecule has 0 saturated carbocycles. The number of alkyl halides is 2. The van der Waals surface area contributed by atoms with Crippen molar-refractivity contribution in [1.29, 1.82) is 0 Å². The van der Waals surface area contributed by atoms with E-state index in [4.69, 9.17) is 4.74 Å². The highest BCUT2D eigenvalue weighted by atomic mass is 19.3. The molecule has 0 spiro atoms. The summed E-state index contributed by atoms with van der Waals surface area (Å²) in [6, 6.07) is 3.06. The van der Waals surface area contributed by atoms with Gasteiger partial charge in [-0.25, -0.2) is 15.0 Å². The van der Waals surface area contributed by atoms with Crippen LogP contribution in [0.25, 0.3) is 11.3 Å². The minimum absolute atomic E-state index is 0.121. The van der Waals surface area contributed by atoms with E-state index >= 15 is 0 Å². The summed E-state index contributed by atoms with van der Waals surface area (Å²) >= 11 is 0. The Morgan fingerprint density at radius 2 is 1.97 bits per heavy atom. The van der Waals surface area contributed by atoms with Crippen LogP contribution in [-0.2, 0) is 17.3 Å². The number of hydrogen-bond donors (Lipinski definition) is 2. The molecule has 0 fully saturated rings. The number of amides is 1. The molecule has 0 bridgehead atoms. The molecular weight excluding hydrogens is 434 g/mol. The molecule has 0 atom stereocenters. The van der Waals surface area contributed by atoms with Crippen LogP contribution >= 0.6 is 0 Å². The molecule has 0 saturated heterocycles. The van der Waals surface area contributed by atoms with Gasteiger partial charge in [-0.2, -0.15) is 13.9 Å². The van der Waals surface area contributed by atoms with Crippen LogP contribution in [0, 0.1) is 0 Å². The number of methoxy groups -OCH3 is 1. The first-order valence-corrected chi connectivity index (χ1v) is 10.1. The Labute approximate surface area is 190 Å². The van der Waals surface area contributed by atoms with E-state index in [2.05, 4.69) is 30.7 Å². The molecule has 12 heteroatoms. The molecule has 0 unspecified atom stereocenters. The van der Waals surface area contributed by atoms with Crippen LogP contribution in [0.15, 0.2) is 30.7 Å². The van der Waals surface area contributed by atoms with Crippen molar-refractivity contribution in [2.75, 3.05) is 38.4 Å². The minimum Gasteiger partial charge on any atom is -0.493 e. The number of anilines is 3. The summed E-state index contributed by atoms with van der Waals surface area (Å²) in [6.07, 6.45) is 4.72. The molecule has 3 aromatic rings. The summed E-state index contributed by atoms with van der Waals surface area (Å²) in [5.41, 5.74) is 1.24. The number of pyridine rings is 1. The molecule has 176 valence electrons. The van der Waals surface area contributed by atoms with Gasteiger partial charge in [0.25, 0.3) is 0 Å². The molecule has 0 aliphatic heterocycles. The first kappa shape index (κ1) is 24.0. The predicted octanol–water partition coefficient (Wildman–Crippen LogP) is 3.12. The highest BCUT2D eigenvalue weighted by molar-refractivity contribution is 5.88. The van der Waals surface area contributed by atoms with E-state index in [0.717, 1.165) is 13.5 Å². The summed E-state index contributed by atoms with van der Waals surface area (Å²) in [5.74, 6) is -3.48. The molecule has 3 aromatic heterocycles. The lowest BCUT2D eigenvalue weighted by molar-refractivity contribution is -0.114. The number of likely N-dealkylation sites (N-methyl/N-ethyl adjacent to an activating group) is 1. The van der Waals surface area contributed by atoms with Gasteiger partial charge in [0.05, 0.1) is 37.4 Å². The number of rotatable bonds is 9. The molecule has 0 aliphatic rings. The zero-order chi connectivity index (χ0) is 24.2. The Hall–Kier alpha value is -3.67. The van der Waals surface area contributed by atoms with Gasteiger partial charge in [0.2, 0.25) is 11.7 Å². The maximum absolute atomic E-state index is 14.2. The van der Waals surface area contributed by atoms with E-state index in [1.807, 2.05) is 19.0 Å². The van der Waals surface area contributed by atoms with Gasteiger partial charge < -0.3 is 20.3 Å². The van der Waals surface area contributed by atoms with Gasteiger partial charge >= 0.3 is 5.92 Å². The predicted molar refractivity (Wildman–Crippen MR) is 120 cm³/mol. The number of aromatic nitrogens is 5. The molecule has 2 N–H and O–H groups in total. The average molecular weight is 460 g/mol. The van der Waals surface area contributed by atoms with Gasteiger partial charge in [0, 0.05) is 44.3 Å². The third-order valence-corrected chi connectivity index (χ3v) is 4.48. The van der Waals surface area contributed by atoms with Crippen molar-refractivity contribution in [1.82, 2.24) is 29.6 Å². The topological polar surface area (TPSA) is 110 Å². The molecule has 3 rings (SSSR count). The zero-order valence-corrected chi connectivity index (χ0v) is 19.1. The minimum atomic E-state index is -3.27. The van der Waals surface area contributed by atoms with Gasteiger partial charge in [-0.05, 0) is 14.1 Å². The molecule has 33 heavy (non-hydrogen) atoms. The second kappa shape index (κ2) is 9.86. The smallest absolute Gasteiger partial charge is 0.303 e. The van der Waals surface area contributed by atoms with Crippen molar-refractivity contribution in [2.45, 2.75) is 26.3 Å². The fraction of sp³-hybridized carbons (Fsp3) is 0.381. The summed E-state index contributed by atoms with van der Waals surface area (Å²) in [4.78, 5) is 25.5. The van der Waals surface area contributed by atoms with E-state index in [1.165, 1.54) is 26.3 Å². The highest BCUT2D eigenvalue weighted by Crippen LogP contribution is 2.32. The largest absolute Gasteiger partial charge is 0.493 e. The monoisotopic (exact) mass is 460 g/mol. The van der Waals surface area contributed by atoms with E-state index in [0.29, 0.717) is 23.5 Å². The van der Waals surface area contributed by atoms with Gasteiger partial charge in [-0.15, -0.1) is 0 Å². The summed E-state index contributed by atoms with van der Waals surface area (Å²) in [7, 11) is 5.35. The number of carbonyl (C=O) groups excluding carboxylic acids is 1. The third-order valence-electron chi connectivity index (χ3n) is 4.48. The van der Waals surface area contributed by atoms with Crippen LogP contribution in [-0.4, -0.2) is 63.3 Å². The maximum atomic E-state index is 14.2. The van der Waals surface area contributed by atoms with Crippen molar-refractivity contribution in [2.24, 2.45) is 0 Å². The Morgan fingerprint density at radius 1 is 1.21 bits per heavy atom. The van der Waals surface area contributed by atoms with E-state index in [9.17, 15) is 13.6 Å². The van der Waals surface area contributed by atoms with Crippen molar-refractivity contribution >= 4 is 23.2 Å². The second-order valence-electron chi connectivity index (χ2n) is 7.72. The second-order valence-corrected chi connectivity index (χ2v) is 7.72. The summed E-state index contributed by atoms with van der Waals surface area (Å²) in [5, 5.41) is 9.83. The van der Waals surface area contributed by atoms with Crippen molar-refractivity contribution in [3.63, 3.8) is 0 Å². The van der Waals surface area contributed by atoms with Crippen LogP contribution in [0.5, 0.6) is 5.75 Å². The van der Waals surface area contributed by atoms with Gasteiger partial charge in [0.15, 0.2) is 5.75 Å². The molecular formula is C21H26F2N8O2. The number of halogens is 2. The van der Waals surface area contributed by atoms with Crippen molar-refractivity contribution in [3.05, 3.63) is 36.5 Å². The Kier molecular flexibility index (Phi) is 7.16. The van der Waals surface area contributed by atoms with Crippen LogP contribution in [0.4, 0.5) is 26.1 Å². The average Bonchev–Trinajstić information content (AvgIpc) is 3.20.